The van der Waals surface area contributed by atoms with Gasteiger partial charge in [-0.2, -0.15) is 0 Å². The smallest absolute Gasteiger partial charge is 0.164 e. The van der Waals surface area contributed by atoms with Crippen molar-refractivity contribution in [1.29, 1.82) is 0 Å². The first kappa shape index (κ1) is 9.16. The van der Waals surface area contributed by atoms with Crippen molar-refractivity contribution in [3.63, 3.8) is 0 Å². The molecule has 0 aromatic rings. The third kappa shape index (κ3) is 1.40. The minimum absolute atomic E-state index is 0.140. The maximum atomic E-state index is 11.5. The Bertz CT molecular complexity index is 226. The van der Waals surface area contributed by atoms with Crippen LogP contribution in [0.2, 0.25) is 0 Å². The van der Waals surface area contributed by atoms with Crippen LogP contribution in [0.5, 0.6) is 0 Å². The number of ether oxygens (including phenoxy) is 2. The molecule has 2 rings (SSSR count). The Balaban J connectivity index is 2.11. The molecular weight excluding hydrogens is 168 g/mol. The van der Waals surface area contributed by atoms with Crippen LogP contribution in [-0.2, 0) is 14.3 Å². The summed E-state index contributed by atoms with van der Waals surface area (Å²) < 4.78 is 11.2. The van der Waals surface area contributed by atoms with Crippen LogP contribution in [0.4, 0.5) is 0 Å². The van der Waals surface area contributed by atoms with Crippen LogP contribution in [0.3, 0.4) is 0 Å². The third-order valence-electron chi connectivity index (χ3n) is 3.04. The van der Waals surface area contributed by atoms with Crippen LogP contribution in [0.15, 0.2) is 0 Å². The van der Waals surface area contributed by atoms with Crippen LogP contribution in [0, 0.1) is 0 Å². The van der Waals surface area contributed by atoms with E-state index in [-0.39, 0.29) is 18.0 Å². The zero-order chi connectivity index (χ0) is 9.47. The Morgan fingerprint density at radius 1 is 1.69 bits per heavy atom. The minimum atomic E-state index is -0.539. The molecule has 2 saturated heterocycles. The van der Waals surface area contributed by atoms with Crippen molar-refractivity contribution < 1.29 is 14.3 Å². The number of hydrogen-bond donors (Lipinski definition) is 0. The molecule has 0 N–H and O–H groups in total. The SMILES string of the molecule is CCO[C@H]1C[C@]2(C)O[C@H]1CCC2=O. The molecule has 2 fully saturated rings. The van der Waals surface area contributed by atoms with Crippen LogP contribution < -0.4 is 0 Å². The molecule has 0 aromatic carbocycles. The average Bonchev–Trinajstić information content (AvgIpc) is 2.35. The first-order chi connectivity index (χ1) is 6.15. The lowest BCUT2D eigenvalue weighted by Crippen LogP contribution is -2.39. The molecule has 0 spiro atoms. The summed E-state index contributed by atoms with van der Waals surface area (Å²) in [6.45, 7) is 4.57. The zero-order valence-electron chi connectivity index (χ0n) is 8.21. The van der Waals surface area contributed by atoms with E-state index >= 15 is 0 Å². The van der Waals surface area contributed by atoms with Gasteiger partial charge in [0.05, 0.1) is 12.2 Å². The third-order valence-corrected chi connectivity index (χ3v) is 3.04. The maximum absolute atomic E-state index is 11.5. The zero-order valence-corrected chi connectivity index (χ0v) is 8.21. The molecule has 2 bridgehead atoms. The summed E-state index contributed by atoms with van der Waals surface area (Å²) in [7, 11) is 0. The van der Waals surface area contributed by atoms with Crippen molar-refractivity contribution in [2.24, 2.45) is 0 Å². The van der Waals surface area contributed by atoms with Crippen LogP contribution >= 0.6 is 0 Å². The number of carbonyl (C=O) groups excluding carboxylic acids is 1. The van der Waals surface area contributed by atoms with Gasteiger partial charge in [0, 0.05) is 19.4 Å². The van der Waals surface area contributed by atoms with Crippen LogP contribution in [0.1, 0.15) is 33.1 Å². The number of hydrogen-bond acceptors (Lipinski definition) is 3. The normalized spacial score (nSPS) is 44.0. The van der Waals surface area contributed by atoms with E-state index in [1.54, 1.807) is 0 Å². The van der Waals surface area contributed by atoms with Crippen molar-refractivity contribution in [3.8, 4) is 0 Å². The molecular formula is C10H16O3. The summed E-state index contributed by atoms with van der Waals surface area (Å²) in [6.07, 6.45) is 2.53. The van der Waals surface area contributed by atoms with E-state index in [0.29, 0.717) is 13.0 Å². The average molecular weight is 184 g/mol. The van der Waals surface area contributed by atoms with Crippen molar-refractivity contribution in [2.75, 3.05) is 6.61 Å². The van der Waals surface area contributed by atoms with Gasteiger partial charge in [0.2, 0.25) is 0 Å². The Labute approximate surface area is 78.4 Å². The summed E-state index contributed by atoms with van der Waals surface area (Å²) in [5.74, 6) is 0.242. The lowest BCUT2D eigenvalue weighted by atomic mass is 9.95. The summed E-state index contributed by atoms with van der Waals surface area (Å²) in [5.41, 5.74) is -0.539. The highest BCUT2D eigenvalue weighted by atomic mass is 16.6. The Kier molecular flexibility index (Phi) is 2.16. The number of Topliss-reactive ketones (excluding diaryl/α,β-unsaturated/α-hetero) is 1. The molecule has 0 aromatic heterocycles. The molecule has 3 atom stereocenters. The second-order valence-corrected chi connectivity index (χ2v) is 4.05. The van der Waals surface area contributed by atoms with Gasteiger partial charge in [-0.25, -0.2) is 0 Å². The monoisotopic (exact) mass is 184 g/mol. The first-order valence-corrected chi connectivity index (χ1v) is 4.98. The van der Waals surface area contributed by atoms with Gasteiger partial charge in [-0.05, 0) is 20.3 Å². The fourth-order valence-electron chi connectivity index (χ4n) is 2.32. The van der Waals surface area contributed by atoms with Gasteiger partial charge < -0.3 is 9.47 Å². The van der Waals surface area contributed by atoms with E-state index in [9.17, 15) is 4.79 Å². The molecule has 0 radical (unpaired) electrons. The van der Waals surface area contributed by atoms with Gasteiger partial charge in [0.25, 0.3) is 0 Å². The van der Waals surface area contributed by atoms with Gasteiger partial charge >= 0.3 is 0 Å². The predicted octanol–water partition coefficient (Wildman–Crippen LogP) is 1.30. The molecule has 0 aliphatic carbocycles. The Hall–Kier alpha value is -0.410. The second kappa shape index (κ2) is 3.07. The van der Waals surface area contributed by atoms with E-state index in [4.69, 9.17) is 9.47 Å². The number of ketones is 1. The Morgan fingerprint density at radius 2 is 2.46 bits per heavy atom. The van der Waals surface area contributed by atoms with Crippen LogP contribution in [-0.4, -0.2) is 30.2 Å². The number of rotatable bonds is 2. The molecule has 13 heavy (non-hydrogen) atoms. The molecule has 3 heteroatoms. The lowest BCUT2D eigenvalue weighted by Gasteiger charge is -2.27. The summed E-state index contributed by atoms with van der Waals surface area (Å²) in [5, 5.41) is 0. The first-order valence-electron chi connectivity index (χ1n) is 4.98. The molecule has 2 aliphatic heterocycles. The number of carbonyl (C=O) groups is 1. The van der Waals surface area contributed by atoms with Gasteiger partial charge in [0.1, 0.15) is 5.60 Å². The van der Waals surface area contributed by atoms with Crippen molar-refractivity contribution >= 4 is 5.78 Å². The molecule has 2 heterocycles. The van der Waals surface area contributed by atoms with Crippen molar-refractivity contribution in [1.82, 2.24) is 0 Å². The summed E-state index contributed by atoms with van der Waals surface area (Å²) >= 11 is 0. The molecule has 2 aliphatic rings. The largest absolute Gasteiger partial charge is 0.376 e. The Morgan fingerprint density at radius 3 is 3.08 bits per heavy atom. The lowest BCUT2D eigenvalue weighted by molar-refractivity contribution is -0.150. The summed E-state index contributed by atoms with van der Waals surface area (Å²) in [6, 6.07) is 0. The fraction of sp³-hybridized carbons (Fsp3) is 0.900. The second-order valence-electron chi connectivity index (χ2n) is 4.05. The highest BCUT2D eigenvalue weighted by molar-refractivity contribution is 5.88. The standard InChI is InChI=1S/C10H16O3/c1-3-12-8-6-10(2)9(11)5-4-7(8)13-10/h7-8H,3-6H2,1-2H3/t7-,8-,10-/m0/s1. The van der Waals surface area contributed by atoms with E-state index in [1.807, 2.05) is 13.8 Å². The predicted molar refractivity (Wildman–Crippen MR) is 47.6 cm³/mol. The molecule has 3 nitrogen and oxygen atoms in total. The summed E-state index contributed by atoms with van der Waals surface area (Å²) in [4.78, 5) is 11.5. The molecule has 74 valence electrons. The van der Waals surface area contributed by atoms with Gasteiger partial charge in [0.15, 0.2) is 5.78 Å². The van der Waals surface area contributed by atoms with E-state index in [2.05, 4.69) is 0 Å². The highest BCUT2D eigenvalue weighted by Crippen LogP contribution is 2.40. The van der Waals surface area contributed by atoms with E-state index < -0.39 is 5.60 Å². The van der Waals surface area contributed by atoms with Gasteiger partial charge in [-0.15, -0.1) is 0 Å². The molecule has 0 unspecified atom stereocenters. The topological polar surface area (TPSA) is 35.5 Å². The minimum Gasteiger partial charge on any atom is -0.376 e. The van der Waals surface area contributed by atoms with Gasteiger partial charge in [-0.1, -0.05) is 0 Å². The molecule has 0 amide bonds. The number of fused-ring (bicyclic) bond motifs is 2. The van der Waals surface area contributed by atoms with Crippen molar-refractivity contribution in [3.05, 3.63) is 0 Å². The van der Waals surface area contributed by atoms with Crippen LogP contribution in [0.25, 0.3) is 0 Å². The molecule has 0 saturated carbocycles. The van der Waals surface area contributed by atoms with Gasteiger partial charge in [-0.3, -0.25) is 4.79 Å². The fourth-order valence-corrected chi connectivity index (χ4v) is 2.32. The quantitative estimate of drug-likeness (QED) is 0.649. The van der Waals surface area contributed by atoms with Crippen molar-refractivity contribution in [2.45, 2.75) is 50.9 Å². The maximum Gasteiger partial charge on any atom is 0.164 e. The highest BCUT2D eigenvalue weighted by Gasteiger charge is 2.51. The van der Waals surface area contributed by atoms with E-state index in [0.717, 1.165) is 12.8 Å². The van der Waals surface area contributed by atoms with E-state index in [1.165, 1.54) is 0 Å².